The third-order valence-corrected chi connectivity index (χ3v) is 9.37. The monoisotopic (exact) mass is 406 g/mol. The molecule has 0 N–H and O–H groups in total. The van der Waals surface area contributed by atoms with Crippen LogP contribution < -0.4 is 4.74 Å². The maximum atomic E-state index is 13.5. The molecule has 5 rings (SSSR count). The van der Waals surface area contributed by atoms with Crippen molar-refractivity contribution >= 4 is 17.6 Å². The van der Waals surface area contributed by atoms with Crippen LogP contribution in [0.2, 0.25) is 0 Å². The number of carbonyl (C=O) groups excluding carboxylic acids is 2. The third-order valence-electron chi connectivity index (χ3n) is 9.37. The SMILES string of the molecule is COc1ccc(/C=C2\CC3C4CC[C@H]5CCCCC5(C)C4C(=O)CC3(C)C2=O)cc1. The lowest BCUT2D eigenvalue weighted by atomic mass is 9.45. The van der Waals surface area contributed by atoms with Gasteiger partial charge in [-0.15, -0.1) is 0 Å². The molecule has 4 aliphatic rings. The third kappa shape index (κ3) is 2.84. The van der Waals surface area contributed by atoms with Crippen molar-refractivity contribution in [3.8, 4) is 5.75 Å². The summed E-state index contributed by atoms with van der Waals surface area (Å²) in [7, 11) is 1.66. The van der Waals surface area contributed by atoms with Gasteiger partial charge in [0.2, 0.25) is 0 Å². The van der Waals surface area contributed by atoms with Crippen LogP contribution in [0.3, 0.4) is 0 Å². The lowest BCUT2D eigenvalue weighted by Crippen LogP contribution is -2.56. The first kappa shape index (κ1) is 20.0. The minimum absolute atomic E-state index is 0.158. The van der Waals surface area contributed by atoms with Crippen LogP contribution in [-0.2, 0) is 9.59 Å². The second-order valence-corrected chi connectivity index (χ2v) is 10.8. The summed E-state index contributed by atoms with van der Waals surface area (Å²) in [5, 5.41) is 0. The highest BCUT2D eigenvalue weighted by atomic mass is 16.5. The van der Waals surface area contributed by atoms with Crippen LogP contribution in [0.4, 0.5) is 0 Å². The number of fused-ring (bicyclic) bond motifs is 5. The predicted molar refractivity (Wildman–Crippen MR) is 118 cm³/mol. The average molecular weight is 407 g/mol. The molecule has 1 aromatic rings. The first-order valence-electron chi connectivity index (χ1n) is 11.8. The van der Waals surface area contributed by atoms with E-state index in [9.17, 15) is 9.59 Å². The summed E-state index contributed by atoms with van der Waals surface area (Å²) in [6, 6.07) is 7.88. The first-order valence-corrected chi connectivity index (χ1v) is 11.8. The highest BCUT2D eigenvalue weighted by Gasteiger charge is 2.63. The summed E-state index contributed by atoms with van der Waals surface area (Å²) < 4.78 is 5.25. The Morgan fingerprint density at radius 2 is 1.80 bits per heavy atom. The van der Waals surface area contributed by atoms with Gasteiger partial charge in [-0.3, -0.25) is 9.59 Å². The fraction of sp³-hybridized carbons (Fsp3) is 0.630. The minimum Gasteiger partial charge on any atom is -0.497 e. The molecule has 4 fully saturated rings. The molecule has 0 saturated heterocycles. The van der Waals surface area contributed by atoms with E-state index in [0.717, 1.165) is 29.7 Å². The second-order valence-electron chi connectivity index (χ2n) is 10.8. The van der Waals surface area contributed by atoms with Gasteiger partial charge in [0.05, 0.1) is 7.11 Å². The molecule has 0 aliphatic heterocycles. The van der Waals surface area contributed by atoms with Gasteiger partial charge in [-0.25, -0.2) is 0 Å². The largest absolute Gasteiger partial charge is 0.497 e. The van der Waals surface area contributed by atoms with Gasteiger partial charge in [-0.2, -0.15) is 0 Å². The molecule has 0 spiro atoms. The van der Waals surface area contributed by atoms with Crippen molar-refractivity contribution < 1.29 is 14.3 Å². The molecule has 3 nitrogen and oxygen atoms in total. The van der Waals surface area contributed by atoms with E-state index < -0.39 is 5.41 Å². The fourth-order valence-electron chi connectivity index (χ4n) is 7.83. The predicted octanol–water partition coefficient (Wildman–Crippen LogP) is 5.87. The van der Waals surface area contributed by atoms with Crippen LogP contribution in [0, 0.1) is 34.5 Å². The van der Waals surface area contributed by atoms with E-state index >= 15 is 0 Å². The van der Waals surface area contributed by atoms with Gasteiger partial charge in [0, 0.05) is 17.8 Å². The maximum absolute atomic E-state index is 13.5. The number of rotatable bonds is 2. The Morgan fingerprint density at radius 3 is 2.53 bits per heavy atom. The molecule has 30 heavy (non-hydrogen) atoms. The molecule has 0 aromatic heterocycles. The van der Waals surface area contributed by atoms with Gasteiger partial charge in [0.25, 0.3) is 0 Å². The Morgan fingerprint density at radius 1 is 1.03 bits per heavy atom. The van der Waals surface area contributed by atoms with E-state index in [2.05, 4.69) is 19.9 Å². The Hall–Kier alpha value is -1.90. The van der Waals surface area contributed by atoms with Crippen LogP contribution in [0.1, 0.15) is 70.8 Å². The van der Waals surface area contributed by atoms with Gasteiger partial charge in [-0.05, 0) is 84.6 Å². The fourth-order valence-corrected chi connectivity index (χ4v) is 7.83. The zero-order valence-corrected chi connectivity index (χ0v) is 18.6. The highest BCUT2D eigenvalue weighted by Crippen LogP contribution is 2.65. The molecule has 0 radical (unpaired) electrons. The molecule has 0 amide bonds. The quantitative estimate of drug-likeness (QED) is 0.577. The van der Waals surface area contributed by atoms with E-state index in [4.69, 9.17) is 4.74 Å². The lowest BCUT2D eigenvalue weighted by molar-refractivity contribution is -0.159. The first-order chi connectivity index (χ1) is 14.4. The number of benzene rings is 1. The van der Waals surface area contributed by atoms with Crippen LogP contribution in [0.25, 0.3) is 6.08 Å². The molecule has 1 aromatic carbocycles. The molecule has 6 atom stereocenters. The topological polar surface area (TPSA) is 43.4 Å². The van der Waals surface area contributed by atoms with Gasteiger partial charge >= 0.3 is 0 Å². The lowest BCUT2D eigenvalue weighted by Gasteiger charge is -2.58. The van der Waals surface area contributed by atoms with Crippen molar-refractivity contribution in [3.05, 3.63) is 35.4 Å². The van der Waals surface area contributed by atoms with Crippen molar-refractivity contribution in [2.75, 3.05) is 7.11 Å². The Balaban J connectivity index is 1.48. The van der Waals surface area contributed by atoms with Crippen LogP contribution in [-0.4, -0.2) is 18.7 Å². The van der Waals surface area contributed by atoms with Gasteiger partial charge in [0.15, 0.2) is 5.78 Å². The Labute approximate surface area is 180 Å². The molecule has 4 aliphatic carbocycles. The Kier molecular flexibility index (Phi) is 4.72. The van der Waals surface area contributed by atoms with Crippen LogP contribution in [0.15, 0.2) is 29.8 Å². The van der Waals surface area contributed by atoms with Crippen molar-refractivity contribution in [2.45, 2.75) is 65.2 Å². The van der Waals surface area contributed by atoms with Crippen molar-refractivity contribution in [2.24, 2.45) is 34.5 Å². The normalized spacial score (nSPS) is 41.9. The van der Waals surface area contributed by atoms with Crippen LogP contribution in [0.5, 0.6) is 5.75 Å². The van der Waals surface area contributed by atoms with E-state index in [-0.39, 0.29) is 17.1 Å². The zero-order valence-electron chi connectivity index (χ0n) is 18.6. The number of hydrogen-bond acceptors (Lipinski definition) is 3. The summed E-state index contributed by atoms with van der Waals surface area (Å²) in [6.45, 7) is 4.48. The summed E-state index contributed by atoms with van der Waals surface area (Å²) in [4.78, 5) is 27.1. The summed E-state index contributed by atoms with van der Waals surface area (Å²) in [5.74, 6) is 2.98. The summed E-state index contributed by atoms with van der Waals surface area (Å²) >= 11 is 0. The minimum atomic E-state index is -0.506. The maximum Gasteiger partial charge on any atom is 0.165 e. The smallest absolute Gasteiger partial charge is 0.165 e. The number of carbonyl (C=O) groups is 2. The van der Waals surface area contributed by atoms with Crippen molar-refractivity contribution in [1.82, 2.24) is 0 Å². The zero-order chi connectivity index (χ0) is 21.1. The van der Waals surface area contributed by atoms with E-state index in [1.807, 2.05) is 24.3 Å². The molecule has 5 unspecified atom stereocenters. The summed E-state index contributed by atoms with van der Waals surface area (Å²) in [5.41, 5.74) is 1.60. The van der Waals surface area contributed by atoms with E-state index in [1.54, 1.807) is 7.11 Å². The highest BCUT2D eigenvalue weighted by molar-refractivity contribution is 6.08. The van der Waals surface area contributed by atoms with Gasteiger partial charge in [-0.1, -0.05) is 38.8 Å². The standard InChI is InChI=1S/C27H34O3/c1-26-13-5-4-6-19(26)9-12-21-22-15-18(14-17-7-10-20(30-3)11-8-17)25(29)27(22,2)16-23(28)24(21)26/h7-8,10-11,14,19,21-22,24H,4-6,9,12-13,15-16H2,1-3H3/b18-14+/t19-,21?,22?,24?,26?,27?/m1/s1. The number of hydrogen-bond donors (Lipinski definition) is 0. The Bertz CT molecular complexity index is 897. The van der Waals surface area contributed by atoms with E-state index in [0.29, 0.717) is 30.0 Å². The van der Waals surface area contributed by atoms with Crippen LogP contribution >= 0.6 is 0 Å². The molecule has 4 saturated carbocycles. The molecular formula is C27H34O3. The molecule has 0 bridgehead atoms. The number of allylic oxidation sites excluding steroid dienone is 1. The average Bonchev–Trinajstić information content (AvgIpc) is 2.98. The van der Waals surface area contributed by atoms with Crippen molar-refractivity contribution in [3.63, 3.8) is 0 Å². The number of methoxy groups -OCH3 is 1. The number of Topliss-reactive ketones (excluding diaryl/α,β-unsaturated/α-hetero) is 2. The van der Waals surface area contributed by atoms with E-state index in [1.165, 1.54) is 32.1 Å². The second kappa shape index (κ2) is 7.07. The number of ether oxygens (including phenoxy) is 1. The summed E-state index contributed by atoms with van der Waals surface area (Å²) in [6.07, 6.45) is 10.7. The number of ketones is 2. The van der Waals surface area contributed by atoms with Gasteiger partial charge in [0.1, 0.15) is 11.5 Å². The molecular weight excluding hydrogens is 372 g/mol. The molecule has 160 valence electrons. The molecule has 0 heterocycles. The van der Waals surface area contributed by atoms with Crippen molar-refractivity contribution in [1.29, 1.82) is 0 Å². The van der Waals surface area contributed by atoms with Gasteiger partial charge < -0.3 is 4.74 Å². The molecule has 3 heteroatoms.